The van der Waals surface area contributed by atoms with E-state index >= 15 is 4.39 Å². The van der Waals surface area contributed by atoms with E-state index in [1.54, 1.807) is 12.3 Å². The molecule has 39 heavy (non-hydrogen) atoms. The highest BCUT2D eigenvalue weighted by atomic mass is 35.5. The number of hydrogen-bond acceptors (Lipinski definition) is 7. The third-order valence-corrected chi connectivity index (χ3v) is 7.30. The van der Waals surface area contributed by atoms with E-state index in [1.807, 2.05) is 4.72 Å². The maximum atomic E-state index is 15.5. The minimum Gasteiger partial charge on any atom is -0.383 e. The number of benzene rings is 3. The van der Waals surface area contributed by atoms with E-state index in [1.165, 1.54) is 12.3 Å². The number of nitrogen functional groups attached to an aromatic ring is 1. The Balaban J connectivity index is 1.54. The summed E-state index contributed by atoms with van der Waals surface area (Å²) in [6, 6.07) is 6.99. The largest absolute Gasteiger partial charge is 0.383 e. The summed E-state index contributed by atoms with van der Waals surface area (Å²) in [4.78, 5) is 20.4. The molecule has 10 nitrogen and oxygen atoms in total. The number of rotatable bonds is 6. The number of fused-ring (bicyclic) bond motifs is 1. The van der Waals surface area contributed by atoms with Crippen LogP contribution in [0.3, 0.4) is 0 Å². The predicted molar refractivity (Wildman–Crippen MR) is 138 cm³/mol. The van der Waals surface area contributed by atoms with Crippen LogP contribution in [0.4, 0.5) is 30.4 Å². The van der Waals surface area contributed by atoms with Gasteiger partial charge in [-0.25, -0.2) is 31.6 Å². The number of sulfonamides is 1. The Morgan fingerprint density at radius 2 is 1.82 bits per heavy atom. The van der Waals surface area contributed by atoms with Gasteiger partial charge in [0.2, 0.25) is 0 Å². The van der Waals surface area contributed by atoms with Gasteiger partial charge in [-0.05, 0) is 48.0 Å². The van der Waals surface area contributed by atoms with Crippen molar-refractivity contribution >= 4 is 55.6 Å². The minimum atomic E-state index is -4.76. The summed E-state index contributed by atoms with van der Waals surface area (Å²) in [7, 11) is -4.76. The van der Waals surface area contributed by atoms with Gasteiger partial charge in [0.1, 0.15) is 28.7 Å². The summed E-state index contributed by atoms with van der Waals surface area (Å²) in [6.07, 6.45) is 4.24. The zero-order valence-electron chi connectivity index (χ0n) is 19.3. The lowest BCUT2D eigenvalue weighted by Crippen LogP contribution is -2.18. The molecule has 15 heteroatoms. The minimum absolute atomic E-state index is 0.0268. The Labute approximate surface area is 223 Å². The molecule has 0 aliphatic carbocycles. The van der Waals surface area contributed by atoms with Crippen LogP contribution in [0, 0.1) is 17.5 Å². The van der Waals surface area contributed by atoms with Gasteiger partial charge in [-0.2, -0.15) is 5.10 Å². The SMILES string of the molecule is Nc1ncnc2c(C(=O)Nc3c(Cl)ccc(NS(=O)(=O)c4cc(F)ccc4F)c3F)cc(-c3cn[nH]c3)cc12. The van der Waals surface area contributed by atoms with Crippen LogP contribution in [0.1, 0.15) is 10.4 Å². The van der Waals surface area contributed by atoms with Crippen molar-refractivity contribution in [1.29, 1.82) is 0 Å². The van der Waals surface area contributed by atoms with Gasteiger partial charge in [0.15, 0.2) is 5.82 Å². The fraction of sp³-hybridized carbons (Fsp3) is 0. The Kier molecular flexibility index (Phi) is 6.57. The van der Waals surface area contributed by atoms with Crippen LogP contribution in [0.2, 0.25) is 5.02 Å². The molecule has 0 atom stereocenters. The van der Waals surface area contributed by atoms with Gasteiger partial charge in [0, 0.05) is 17.1 Å². The number of H-pyrrole nitrogens is 1. The van der Waals surface area contributed by atoms with Crippen molar-refractivity contribution in [3.05, 3.63) is 89.2 Å². The van der Waals surface area contributed by atoms with E-state index in [9.17, 15) is 22.0 Å². The molecule has 0 unspecified atom stereocenters. The molecule has 5 N–H and O–H groups in total. The standard InChI is InChI=1S/C24H15ClF3N7O3S/c25-16-2-4-18(35-39(37,38)19-7-13(26)1-3-17(19)27)20(28)22(16)34-24(36)15-6-11(12-8-32-33-9-12)5-14-21(15)30-10-31-23(14)29/h1-10,35H,(H,32,33)(H,34,36)(H2,29,30,31). The van der Waals surface area contributed by atoms with Crippen molar-refractivity contribution in [2.24, 2.45) is 0 Å². The fourth-order valence-corrected chi connectivity index (χ4v) is 5.09. The van der Waals surface area contributed by atoms with Crippen LogP contribution >= 0.6 is 11.6 Å². The molecule has 0 radical (unpaired) electrons. The van der Waals surface area contributed by atoms with Crippen LogP contribution in [0.25, 0.3) is 22.0 Å². The summed E-state index contributed by atoms with van der Waals surface area (Å²) in [6.45, 7) is 0. The molecule has 0 bridgehead atoms. The van der Waals surface area contributed by atoms with Gasteiger partial charge in [-0.3, -0.25) is 14.6 Å². The number of aromatic nitrogens is 4. The zero-order chi connectivity index (χ0) is 27.9. The molecule has 2 aromatic heterocycles. The smallest absolute Gasteiger partial charge is 0.265 e. The van der Waals surface area contributed by atoms with Gasteiger partial charge < -0.3 is 11.1 Å². The van der Waals surface area contributed by atoms with E-state index < -0.39 is 49.7 Å². The lowest BCUT2D eigenvalue weighted by Gasteiger charge is -2.15. The molecule has 5 aromatic rings. The number of hydrogen-bond donors (Lipinski definition) is 4. The summed E-state index contributed by atoms with van der Waals surface area (Å²) in [5, 5.41) is 8.93. The van der Waals surface area contributed by atoms with Gasteiger partial charge in [0.25, 0.3) is 15.9 Å². The van der Waals surface area contributed by atoms with Crippen molar-refractivity contribution in [3.63, 3.8) is 0 Å². The van der Waals surface area contributed by atoms with E-state index in [-0.39, 0.29) is 21.9 Å². The maximum absolute atomic E-state index is 15.5. The lowest BCUT2D eigenvalue weighted by atomic mass is 10.0. The number of anilines is 3. The second-order valence-electron chi connectivity index (χ2n) is 8.08. The average molecular weight is 574 g/mol. The number of nitrogens with one attached hydrogen (secondary N) is 3. The molecule has 198 valence electrons. The molecule has 0 aliphatic heterocycles. The first-order chi connectivity index (χ1) is 18.5. The highest BCUT2D eigenvalue weighted by Gasteiger charge is 2.25. The first-order valence-corrected chi connectivity index (χ1v) is 12.7. The van der Waals surface area contributed by atoms with E-state index in [0.717, 1.165) is 24.5 Å². The van der Waals surface area contributed by atoms with Gasteiger partial charge >= 0.3 is 0 Å². The molecule has 1 amide bonds. The Morgan fingerprint density at radius 3 is 2.56 bits per heavy atom. The maximum Gasteiger partial charge on any atom is 0.265 e. The molecule has 0 spiro atoms. The normalized spacial score (nSPS) is 11.5. The number of nitrogens with two attached hydrogens (primary N) is 1. The molecule has 0 fully saturated rings. The summed E-state index contributed by atoms with van der Waals surface area (Å²) in [5.74, 6) is -4.32. The van der Waals surface area contributed by atoms with Crippen LogP contribution in [-0.2, 0) is 10.0 Å². The molecular formula is C24H15ClF3N7O3S. The first-order valence-electron chi connectivity index (χ1n) is 10.9. The topological polar surface area (TPSA) is 156 Å². The van der Waals surface area contributed by atoms with Crippen molar-refractivity contribution in [2.45, 2.75) is 4.90 Å². The zero-order valence-corrected chi connectivity index (χ0v) is 20.9. The van der Waals surface area contributed by atoms with Gasteiger partial charge in [-0.1, -0.05) is 11.6 Å². The number of halogens is 4. The lowest BCUT2D eigenvalue weighted by molar-refractivity contribution is 0.102. The number of aromatic amines is 1. The Hall–Kier alpha value is -4.69. The highest BCUT2D eigenvalue weighted by Crippen LogP contribution is 2.34. The molecule has 5 rings (SSSR count). The van der Waals surface area contributed by atoms with Crippen molar-refractivity contribution in [2.75, 3.05) is 15.8 Å². The van der Waals surface area contributed by atoms with E-state index in [4.69, 9.17) is 17.3 Å². The summed E-state index contributed by atoms with van der Waals surface area (Å²) < 4.78 is 70.3. The second-order valence-corrected chi connectivity index (χ2v) is 10.1. The van der Waals surface area contributed by atoms with Gasteiger partial charge in [-0.15, -0.1) is 0 Å². The van der Waals surface area contributed by atoms with Gasteiger partial charge in [0.05, 0.1) is 33.7 Å². The summed E-state index contributed by atoms with van der Waals surface area (Å²) >= 11 is 6.12. The third-order valence-electron chi connectivity index (χ3n) is 5.60. The monoisotopic (exact) mass is 573 g/mol. The molecule has 3 aromatic carbocycles. The number of carbonyl (C=O) groups excluding carboxylic acids is 1. The molecule has 0 saturated heterocycles. The van der Waals surface area contributed by atoms with E-state index in [0.29, 0.717) is 28.6 Å². The molecule has 0 saturated carbocycles. The molecule has 2 heterocycles. The molecule has 0 aliphatic rings. The Morgan fingerprint density at radius 1 is 1.03 bits per heavy atom. The summed E-state index contributed by atoms with van der Waals surface area (Å²) in [5.41, 5.74) is 6.00. The van der Waals surface area contributed by atoms with Crippen molar-refractivity contribution in [3.8, 4) is 11.1 Å². The fourth-order valence-electron chi connectivity index (χ4n) is 3.75. The van der Waals surface area contributed by atoms with Crippen molar-refractivity contribution < 1.29 is 26.4 Å². The Bertz CT molecular complexity index is 1870. The first kappa shape index (κ1) is 25.9. The third kappa shape index (κ3) is 4.94. The number of carbonyl (C=O) groups is 1. The molecular weight excluding hydrogens is 559 g/mol. The predicted octanol–water partition coefficient (Wildman–Crippen LogP) is 4.73. The number of nitrogens with zero attached hydrogens (tertiary/aromatic N) is 3. The number of amides is 1. The van der Waals surface area contributed by atoms with Crippen LogP contribution in [0.15, 0.2) is 66.1 Å². The van der Waals surface area contributed by atoms with Crippen LogP contribution in [-0.4, -0.2) is 34.5 Å². The van der Waals surface area contributed by atoms with Crippen molar-refractivity contribution in [1.82, 2.24) is 20.2 Å². The second kappa shape index (κ2) is 9.89. The quantitative estimate of drug-likeness (QED) is 0.229. The average Bonchev–Trinajstić information content (AvgIpc) is 3.44. The van der Waals surface area contributed by atoms with E-state index in [2.05, 4.69) is 25.5 Å². The van der Waals surface area contributed by atoms with Crippen LogP contribution < -0.4 is 15.8 Å². The van der Waals surface area contributed by atoms with Crippen LogP contribution in [0.5, 0.6) is 0 Å². The highest BCUT2D eigenvalue weighted by molar-refractivity contribution is 7.92.